The number of benzene rings is 1. The lowest BCUT2D eigenvalue weighted by molar-refractivity contribution is -0.0191. The van der Waals surface area contributed by atoms with Crippen LogP contribution in [0.5, 0.6) is 11.5 Å². The van der Waals surface area contributed by atoms with Crippen LogP contribution in [0.1, 0.15) is 61.7 Å². The standard InChI is InChI=1S/C19H29NO3/c1-12(2)7-14-11-20-6-5-13-8-18(22-3)19(23-4)9-15(13)16(20)10-17(14)21/h8-9,12,14,16-17,21H,5-7,10-11H2,1-4H3/i3D3,4D3,5D2,6D2,8D,9D,16D. The highest BCUT2D eigenvalue weighted by atomic mass is 16.5. The van der Waals surface area contributed by atoms with Gasteiger partial charge in [0.25, 0.3) is 0 Å². The van der Waals surface area contributed by atoms with Crippen LogP contribution in [-0.4, -0.2) is 43.2 Å². The summed E-state index contributed by atoms with van der Waals surface area (Å²) in [6.45, 7) is 0.620. The maximum absolute atomic E-state index is 10.9. The summed E-state index contributed by atoms with van der Waals surface area (Å²) in [5.74, 6) is -2.48. The third-order valence-corrected chi connectivity index (χ3v) is 4.21. The maximum Gasteiger partial charge on any atom is 0.161 e. The Morgan fingerprint density at radius 1 is 1.43 bits per heavy atom. The highest BCUT2D eigenvalue weighted by molar-refractivity contribution is 5.49. The van der Waals surface area contributed by atoms with Gasteiger partial charge in [-0.15, -0.1) is 0 Å². The number of methoxy groups -OCH3 is 2. The minimum absolute atomic E-state index is 0.105. The van der Waals surface area contributed by atoms with Gasteiger partial charge in [0.05, 0.1) is 32.5 Å². The normalized spacial score (nSPS) is 44.4. The summed E-state index contributed by atoms with van der Waals surface area (Å²) in [7, 11) is -6.48. The molecule has 0 aromatic heterocycles. The fraction of sp³-hybridized carbons (Fsp3) is 0.684. The van der Waals surface area contributed by atoms with Crippen LogP contribution >= 0.6 is 0 Å². The van der Waals surface area contributed by atoms with Gasteiger partial charge in [-0.3, -0.25) is 4.90 Å². The van der Waals surface area contributed by atoms with Crippen LogP contribution in [0, 0.1) is 11.8 Å². The molecule has 2 aliphatic heterocycles. The van der Waals surface area contributed by atoms with E-state index in [9.17, 15) is 6.48 Å². The first kappa shape index (κ1) is 6.93. The minimum atomic E-state index is -3.25. The Hall–Kier alpha value is -1.26. The van der Waals surface area contributed by atoms with Gasteiger partial charge < -0.3 is 14.6 Å². The molecule has 0 bridgehead atoms. The molecule has 0 aliphatic carbocycles. The van der Waals surface area contributed by atoms with Crippen LogP contribution in [-0.2, 0) is 6.37 Å². The molecule has 4 heteroatoms. The number of piperidine rings is 1. The SMILES string of the molecule is [2H]c1c(OC([2H])([2H])[2H])c(OC([2H])([2H])[2H])c([2H])c2c1C1([2H])CC(O)C(CC(C)C)CN1C([2H])([2H])C2([2H])[2H]. The molecule has 0 spiro atoms. The number of aliphatic hydroxyl groups is 1. The Kier molecular flexibility index (Phi) is 2.02. The number of nitrogens with zero attached hydrogens (tertiary/aromatic N) is 1. The van der Waals surface area contributed by atoms with E-state index in [4.69, 9.17) is 25.9 Å². The molecule has 0 saturated carbocycles. The molecule has 0 amide bonds. The second-order valence-electron chi connectivity index (χ2n) is 6.32. The van der Waals surface area contributed by atoms with Crippen molar-refractivity contribution in [1.82, 2.24) is 4.90 Å². The lowest BCUT2D eigenvalue weighted by atomic mass is 9.79. The molecule has 128 valence electrons. The number of fused-ring (bicyclic) bond motifs is 3. The molecular weight excluding hydrogens is 290 g/mol. The second kappa shape index (κ2) is 6.70. The number of ether oxygens (including phenoxy) is 2. The third-order valence-electron chi connectivity index (χ3n) is 4.21. The molecule has 1 aromatic carbocycles. The lowest BCUT2D eigenvalue weighted by Crippen LogP contribution is -2.48. The zero-order chi connectivity index (χ0) is 27.8. The number of rotatable bonds is 4. The fourth-order valence-corrected chi connectivity index (χ4v) is 3.17. The van der Waals surface area contributed by atoms with Crippen molar-refractivity contribution in [3.05, 3.63) is 23.2 Å². The lowest BCUT2D eigenvalue weighted by Gasteiger charge is -2.46. The summed E-state index contributed by atoms with van der Waals surface area (Å²) in [6, 6.07) is -4.27. The van der Waals surface area contributed by atoms with Gasteiger partial charge in [-0.25, -0.2) is 0 Å². The topological polar surface area (TPSA) is 41.9 Å². The van der Waals surface area contributed by atoms with Crippen molar-refractivity contribution in [3.63, 3.8) is 0 Å². The summed E-state index contributed by atoms with van der Waals surface area (Å²) in [4.78, 5) is 0.892. The van der Waals surface area contributed by atoms with E-state index < -0.39 is 86.1 Å². The van der Waals surface area contributed by atoms with E-state index in [2.05, 4.69) is 0 Å². The van der Waals surface area contributed by atoms with Gasteiger partial charge >= 0.3 is 0 Å². The second-order valence-corrected chi connectivity index (χ2v) is 6.32. The molecule has 4 nitrogen and oxygen atoms in total. The van der Waals surface area contributed by atoms with E-state index in [0.29, 0.717) is 6.42 Å². The van der Waals surface area contributed by atoms with Gasteiger partial charge in [-0.2, -0.15) is 0 Å². The van der Waals surface area contributed by atoms with Crippen molar-refractivity contribution < 1.29 is 32.4 Å². The summed E-state index contributed by atoms with van der Waals surface area (Å²) >= 11 is 0. The number of aliphatic hydroxyl groups excluding tert-OH is 1. The summed E-state index contributed by atoms with van der Waals surface area (Å²) in [6.07, 6.45) is -4.22. The Balaban J connectivity index is 2.40. The molecule has 1 fully saturated rings. The van der Waals surface area contributed by atoms with Crippen LogP contribution in [0.15, 0.2) is 12.1 Å². The van der Waals surface area contributed by atoms with Crippen LogP contribution in [0.3, 0.4) is 0 Å². The summed E-state index contributed by atoms with van der Waals surface area (Å²) in [5, 5.41) is 10.9. The molecular formula is C19H29NO3. The molecule has 3 unspecified atom stereocenters. The average molecular weight is 333 g/mol. The molecule has 1 N–H and O–H groups in total. The van der Waals surface area contributed by atoms with Crippen molar-refractivity contribution in [2.24, 2.45) is 11.8 Å². The number of hydrogen-bond donors (Lipinski definition) is 1. The average Bonchev–Trinajstić information content (AvgIpc) is 2.65. The summed E-state index contributed by atoms with van der Waals surface area (Å²) in [5.41, 5.74) is -1.40. The quantitative estimate of drug-likeness (QED) is 0.920. The fourth-order valence-electron chi connectivity index (χ4n) is 3.17. The Morgan fingerprint density at radius 3 is 2.87 bits per heavy atom. The van der Waals surface area contributed by atoms with Crippen molar-refractivity contribution in [2.45, 2.75) is 45.2 Å². The zero-order valence-electron chi connectivity index (χ0n) is 26.1. The largest absolute Gasteiger partial charge is 0.493 e. The van der Waals surface area contributed by atoms with Gasteiger partial charge in [-0.1, -0.05) is 13.8 Å². The molecule has 2 heterocycles. The van der Waals surface area contributed by atoms with Crippen molar-refractivity contribution >= 4 is 0 Å². The first-order valence-electron chi connectivity index (χ1n) is 14.1. The van der Waals surface area contributed by atoms with Gasteiger partial charge in [0, 0.05) is 24.5 Å². The van der Waals surface area contributed by atoms with E-state index in [-0.39, 0.29) is 12.5 Å². The molecule has 1 saturated heterocycles. The first-order chi connectivity index (χ1) is 16.0. The predicted molar refractivity (Wildman–Crippen MR) is 91.1 cm³/mol. The van der Waals surface area contributed by atoms with E-state index in [1.165, 1.54) is 0 Å². The molecule has 3 rings (SSSR count). The van der Waals surface area contributed by atoms with Crippen LogP contribution in [0.4, 0.5) is 0 Å². The zero-order valence-corrected chi connectivity index (χ0v) is 13.1. The number of hydrogen-bond acceptors (Lipinski definition) is 4. The molecule has 2 aliphatic rings. The van der Waals surface area contributed by atoms with E-state index >= 15 is 0 Å². The molecule has 3 atom stereocenters. The molecule has 23 heavy (non-hydrogen) atoms. The van der Waals surface area contributed by atoms with Crippen molar-refractivity contribution in [2.75, 3.05) is 27.1 Å². The molecule has 1 aromatic rings. The van der Waals surface area contributed by atoms with Gasteiger partial charge in [0.2, 0.25) is 0 Å². The predicted octanol–water partition coefficient (Wildman–Crippen LogP) is 3.03. The van der Waals surface area contributed by atoms with Gasteiger partial charge in [0.15, 0.2) is 11.5 Å². The highest BCUT2D eigenvalue weighted by Gasteiger charge is 2.38. The van der Waals surface area contributed by atoms with E-state index in [0.717, 1.165) is 4.90 Å². The van der Waals surface area contributed by atoms with Gasteiger partial charge in [0.1, 0.15) is 0 Å². The maximum atomic E-state index is 10.9. The molecule has 0 radical (unpaired) electrons. The van der Waals surface area contributed by atoms with E-state index in [1.54, 1.807) is 0 Å². The van der Waals surface area contributed by atoms with Crippen LogP contribution in [0.25, 0.3) is 0 Å². The Morgan fingerprint density at radius 2 is 2.17 bits per heavy atom. The summed E-state index contributed by atoms with van der Waals surface area (Å²) < 4.78 is 115. The van der Waals surface area contributed by atoms with Gasteiger partial charge in [-0.05, 0) is 54.3 Å². The van der Waals surface area contributed by atoms with Crippen LogP contribution in [0.2, 0.25) is 0 Å². The Labute approximate surface area is 157 Å². The smallest absolute Gasteiger partial charge is 0.161 e. The highest BCUT2D eigenvalue weighted by Crippen LogP contribution is 2.43. The van der Waals surface area contributed by atoms with Crippen molar-refractivity contribution in [1.29, 1.82) is 0 Å². The minimum Gasteiger partial charge on any atom is -0.493 e. The van der Waals surface area contributed by atoms with Crippen molar-refractivity contribution in [3.8, 4) is 11.5 Å². The van der Waals surface area contributed by atoms with E-state index in [1.807, 2.05) is 13.8 Å². The first-order valence-corrected chi connectivity index (χ1v) is 7.56. The van der Waals surface area contributed by atoms with Crippen LogP contribution < -0.4 is 9.47 Å². The Bertz CT molecular complexity index is 1020. The third kappa shape index (κ3) is 3.20. The monoisotopic (exact) mass is 332 g/mol.